The Morgan fingerprint density at radius 2 is 1.90 bits per heavy atom. The zero-order valence-corrected chi connectivity index (χ0v) is 13.7. The summed E-state index contributed by atoms with van der Waals surface area (Å²) in [6, 6.07) is 8.51. The standard InChI is InChI=1S/C18H28N2O/c1-12-8-10-16(11-9-12)20-18(21)15(4)19-17-7-5-6-13(2)14(17)3/h8-11,13-15,17,19H,5-7H2,1-4H3,(H,20,21)/p+1/t13-,14-,15-,17+/m0/s1. The summed E-state index contributed by atoms with van der Waals surface area (Å²) in [6.45, 7) is 8.72. The highest BCUT2D eigenvalue weighted by molar-refractivity contribution is 5.93. The number of carbonyl (C=O) groups excluding carboxylic acids is 1. The highest BCUT2D eigenvalue weighted by Crippen LogP contribution is 2.27. The lowest BCUT2D eigenvalue weighted by Gasteiger charge is -2.33. The highest BCUT2D eigenvalue weighted by atomic mass is 16.2. The van der Waals surface area contributed by atoms with Crippen molar-refractivity contribution in [2.24, 2.45) is 11.8 Å². The van der Waals surface area contributed by atoms with Gasteiger partial charge >= 0.3 is 0 Å². The second-order valence-electron chi connectivity index (χ2n) is 6.77. The molecule has 1 fully saturated rings. The van der Waals surface area contributed by atoms with Crippen LogP contribution in [0.2, 0.25) is 0 Å². The van der Waals surface area contributed by atoms with E-state index in [0.29, 0.717) is 12.0 Å². The zero-order chi connectivity index (χ0) is 15.4. The molecule has 1 aliphatic carbocycles. The van der Waals surface area contributed by atoms with Crippen molar-refractivity contribution in [2.75, 3.05) is 5.32 Å². The van der Waals surface area contributed by atoms with Gasteiger partial charge in [0.15, 0.2) is 6.04 Å². The van der Waals surface area contributed by atoms with Crippen LogP contribution in [-0.2, 0) is 4.79 Å². The Labute approximate surface area is 128 Å². The molecule has 0 heterocycles. The Balaban J connectivity index is 1.88. The number of aryl methyl sites for hydroxylation is 1. The van der Waals surface area contributed by atoms with E-state index < -0.39 is 0 Å². The van der Waals surface area contributed by atoms with E-state index in [9.17, 15) is 4.79 Å². The van der Waals surface area contributed by atoms with Crippen molar-refractivity contribution in [1.29, 1.82) is 0 Å². The third-order valence-corrected chi connectivity index (χ3v) is 5.04. The van der Waals surface area contributed by atoms with Crippen LogP contribution in [0.25, 0.3) is 0 Å². The largest absolute Gasteiger partial charge is 0.334 e. The van der Waals surface area contributed by atoms with E-state index in [-0.39, 0.29) is 11.9 Å². The van der Waals surface area contributed by atoms with Gasteiger partial charge in [-0.2, -0.15) is 0 Å². The molecule has 2 rings (SSSR count). The van der Waals surface area contributed by atoms with Gasteiger partial charge in [0, 0.05) is 11.6 Å². The van der Waals surface area contributed by atoms with Crippen molar-refractivity contribution in [3.05, 3.63) is 29.8 Å². The van der Waals surface area contributed by atoms with Gasteiger partial charge in [0.05, 0.1) is 6.04 Å². The number of benzene rings is 1. The fraction of sp³-hybridized carbons (Fsp3) is 0.611. The number of nitrogens with two attached hydrogens (primary N) is 1. The minimum Gasteiger partial charge on any atom is -0.334 e. The molecular formula is C18H29N2O+. The Morgan fingerprint density at radius 1 is 1.24 bits per heavy atom. The van der Waals surface area contributed by atoms with Gasteiger partial charge < -0.3 is 10.6 Å². The maximum atomic E-state index is 12.3. The normalized spacial score (nSPS) is 27.1. The lowest BCUT2D eigenvalue weighted by molar-refractivity contribution is -0.715. The number of quaternary nitrogens is 1. The summed E-state index contributed by atoms with van der Waals surface area (Å²) >= 11 is 0. The van der Waals surface area contributed by atoms with Gasteiger partial charge in [-0.15, -0.1) is 0 Å². The van der Waals surface area contributed by atoms with Crippen molar-refractivity contribution >= 4 is 11.6 Å². The van der Waals surface area contributed by atoms with Crippen molar-refractivity contribution in [3.63, 3.8) is 0 Å². The molecule has 0 unspecified atom stereocenters. The molecule has 3 heteroatoms. The molecule has 3 nitrogen and oxygen atoms in total. The first-order valence-electron chi connectivity index (χ1n) is 8.20. The number of carbonyl (C=O) groups is 1. The maximum Gasteiger partial charge on any atom is 0.282 e. The zero-order valence-electron chi connectivity index (χ0n) is 13.7. The summed E-state index contributed by atoms with van der Waals surface area (Å²) in [6.07, 6.45) is 3.85. The number of amides is 1. The summed E-state index contributed by atoms with van der Waals surface area (Å²) in [5.74, 6) is 1.56. The topological polar surface area (TPSA) is 45.7 Å². The molecule has 1 aromatic carbocycles. The summed E-state index contributed by atoms with van der Waals surface area (Å²) < 4.78 is 0. The monoisotopic (exact) mass is 289 g/mol. The molecule has 1 saturated carbocycles. The SMILES string of the molecule is Cc1ccc(NC(=O)[C@H](C)[NH2+][C@@H]2CCC[C@H](C)[C@@H]2C)cc1. The number of hydrogen-bond donors (Lipinski definition) is 2. The van der Waals surface area contributed by atoms with Crippen molar-refractivity contribution in [2.45, 2.75) is 59.0 Å². The van der Waals surface area contributed by atoms with Gasteiger partial charge in [-0.05, 0) is 51.2 Å². The van der Waals surface area contributed by atoms with E-state index in [2.05, 4.69) is 24.5 Å². The van der Waals surface area contributed by atoms with Crippen LogP contribution >= 0.6 is 0 Å². The molecule has 0 saturated heterocycles. The van der Waals surface area contributed by atoms with Crippen LogP contribution in [0.15, 0.2) is 24.3 Å². The smallest absolute Gasteiger partial charge is 0.282 e. The van der Waals surface area contributed by atoms with Crippen LogP contribution in [-0.4, -0.2) is 18.0 Å². The van der Waals surface area contributed by atoms with E-state index in [1.165, 1.54) is 24.8 Å². The Morgan fingerprint density at radius 3 is 2.57 bits per heavy atom. The van der Waals surface area contributed by atoms with E-state index >= 15 is 0 Å². The van der Waals surface area contributed by atoms with Gasteiger partial charge in [-0.1, -0.05) is 31.5 Å². The second kappa shape index (κ2) is 7.08. The molecule has 1 aromatic rings. The highest BCUT2D eigenvalue weighted by Gasteiger charge is 2.32. The molecule has 116 valence electrons. The van der Waals surface area contributed by atoms with Crippen molar-refractivity contribution in [3.8, 4) is 0 Å². The van der Waals surface area contributed by atoms with Gasteiger partial charge in [0.1, 0.15) is 0 Å². The Kier molecular flexibility index (Phi) is 5.40. The molecule has 1 aliphatic rings. The molecule has 0 aliphatic heterocycles. The van der Waals surface area contributed by atoms with Crippen LogP contribution in [0.3, 0.4) is 0 Å². The third kappa shape index (κ3) is 4.31. The van der Waals surface area contributed by atoms with Crippen LogP contribution in [0.1, 0.15) is 45.6 Å². The van der Waals surface area contributed by atoms with Crippen LogP contribution in [0, 0.1) is 18.8 Å². The van der Waals surface area contributed by atoms with E-state index in [1.807, 2.05) is 38.1 Å². The van der Waals surface area contributed by atoms with E-state index in [0.717, 1.165) is 11.6 Å². The maximum absolute atomic E-state index is 12.3. The third-order valence-electron chi connectivity index (χ3n) is 5.04. The first kappa shape index (κ1) is 16.0. The lowest BCUT2D eigenvalue weighted by atomic mass is 9.78. The number of rotatable bonds is 4. The molecule has 0 aromatic heterocycles. The molecule has 21 heavy (non-hydrogen) atoms. The lowest BCUT2D eigenvalue weighted by Crippen LogP contribution is -2.97. The molecule has 0 radical (unpaired) electrons. The quantitative estimate of drug-likeness (QED) is 0.879. The van der Waals surface area contributed by atoms with Crippen molar-refractivity contribution < 1.29 is 10.1 Å². The van der Waals surface area contributed by atoms with Gasteiger partial charge in [0.2, 0.25) is 0 Å². The number of anilines is 1. The molecule has 0 spiro atoms. The fourth-order valence-electron chi connectivity index (χ4n) is 3.25. The minimum atomic E-state index is -0.0379. The van der Waals surface area contributed by atoms with E-state index in [4.69, 9.17) is 0 Å². The number of nitrogens with one attached hydrogen (secondary N) is 1. The predicted molar refractivity (Wildman–Crippen MR) is 87.2 cm³/mol. The fourth-order valence-corrected chi connectivity index (χ4v) is 3.25. The van der Waals surface area contributed by atoms with Gasteiger partial charge in [-0.3, -0.25) is 4.79 Å². The summed E-state index contributed by atoms with van der Waals surface area (Å²) in [5.41, 5.74) is 2.09. The average Bonchev–Trinajstić information content (AvgIpc) is 2.46. The Hall–Kier alpha value is -1.35. The van der Waals surface area contributed by atoms with Crippen LogP contribution in [0.4, 0.5) is 5.69 Å². The molecule has 0 bridgehead atoms. The average molecular weight is 289 g/mol. The Bertz CT molecular complexity index is 469. The first-order chi connectivity index (χ1) is 9.97. The molecule has 3 N–H and O–H groups in total. The minimum absolute atomic E-state index is 0.0379. The second-order valence-corrected chi connectivity index (χ2v) is 6.77. The summed E-state index contributed by atoms with van der Waals surface area (Å²) in [7, 11) is 0. The van der Waals surface area contributed by atoms with Crippen LogP contribution in [0.5, 0.6) is 0 Å². The summed E-state index contributed by atoms with van der Waals surface area (Å²) in [4.78, 5) is 12.3. The van der Waals surface area contributed by atoms with Gasteiger partial charge in [-0.25, -0.2) is 0 Å². The molecular weight excluding hydrogens is 260 g/mol. The van der Waals surface area contributed by atoms with Crippen LogP contribution < -0.4 is 10.6 Å². The van der Waals surface area contributed by atoms with E-state index in [1.54, 1.807) is 0 Å². The van der Waals surface area contributed by atoms with Crippen molar-refractivity contribution in [1.82, 2.24) is 0 Å². The molecule has 1 amide bonds. The summed E-state index contributed by atoms with van der Waals surface area (Å²) in [5, 5.41) is 5.28. The predicted octanol–water partition coefficient (Wildman–Crippen LogP) is 2.71. The molecule has 4 atom stereocenters. The number of hydrogen-bond acceptors (Lipinski definition) is 1. The van der Waals surface area contributed by atoms with Gasteiger partial charge in [0.25, 0.3) is 5.91 Å². The first-order valence-corrected chi connectivity index (χ1v) is 8.20.